The van der Waals surface area contributed by atoms with Gasteiger partial charge in [0.2, 0.25) is 0 Å². The molecule has 0 atom stereocenters. The average molecular weight is 354 g/mol. The fourth-order valence-corrected chi connectivity index (χ4v) is 3.86. The summed E-state index contributed by atoms with van der Waals surface area (Å²) in [7, 11) is -3.04. The van der Waals surface area contributed by atoms with Gasteiger partial charge in [0, 0.05) is 17.5 Å². The van der Waals surface area contributed by atoms with Gasteiger partial charge in [-0.15, -0.1) is 11.3 Å². The summed E-state index contributed by atoms with van der Waals surface area (Å²) in [4.78, 5) is 0. The minimum atomic E-state index is -3.04. The highest BCUT2D eigenvalue weighted by Gasteiger charge is 2.16. The Balaban J connectivity index is 2.24. The first-order valence-corrected chi connectivity index (χ1v) is 9.20. The summed E-state index contributed by atoms with van der Waals surface area (Å²) in [6.45, 7) is 1.88. The van der Waals surface area contributed by atoms with Crippen molar-refractivity contribution in [3.8, 4) is 11.3 Å². The van der Waals surface area contributed by atoms with E-state index in [9.17, 15) is 8.42 Å². The molecular formula is C11H13Cl2N3O2S2. The summed E-state index contributed by atoms with van der Waals surface area (Å²) >= 11 is 13.2. The Bertz CT molecular complexity index is 722. The van der Waals surface area contributed by atoms with E-state index in [-0.39, 0.29) is 18.1 Å². The molecule has 2 aromatic rings. The van der Waals surface area contributed by atoms with Gasteiger partial charge in [-0.3, -0.25) is 4.68 Å². The lowest BCUT2D eigenvalue weighted by atomic mass is 10.2. The van der Waals surface area contributed by atoms with E-state index >= 15 is 0 Å². The van der Waals surface area contributed by atoms with Crippen molar-refractivity contribution in [1.82, 2.24) is 9.78 Å². The number of nitrogens with two attached hydrogens (primary N) is 1. The number of aryl methyl sites for hydroxylation is 1. The third kappa shape index (κ3) is 3.46. The molecule has 0 aliphatic carbocycles. The van der Waals surface area contributed by atoms with Crippen molar-refractivity contribution in [3.63, 3.8) is 0 Å². The highest BCUT2D eigenvalue weighted by molar-refractivity contribution is 7.91. The van der Waals surface area contributed by atoms with E-state index in [4.69, 9.17) is 28.9 Å². The first-order chi connectivity index (χ1) is 9.32. The Morgan fingerprint density at radius 2 is 2.15 bits per heavy atom. The van der Waals surface area contributed by atoms with Gasteiger partial charge in [-0.1, -0.05) is 30.1 Å². The van der Waals surface area contributed by atoms with Crippen LogP contribution in [-0.2, 0) is 16.4 Å². The summed E-state index contributed by atoms with van der Waals surface area (Å²) in [5.74, 6) is 0.144. The molecule has 2 heterocycles. The lowest BCUT2D eigenvalue weighted by molar-refractivity contribution is 0.582. The lowest BCUT2D eigenvalue weighted by Gasteiger charge is -2.01. The Kier molecular flexibility index (Phi) is 4.63. The smallest absolute Gasteiger partial charge is 0.151 e. The predicted molar refractivity (Wildman–Crippen MR) is 84.3 cm³/mol. The normalized spacial score (nSPS) is 11.9. The van der Waals surface area contributed by atoms with Crippen molar-refractivity contribution in [1.29, 1.82) is 0 Å². The maximum atomic E-state index is 11.5. The number of halogens is 2. The molecule has 0 spiro atoms. The van der Waals surface area contributed by atoms with Crippen LogP contribution in [0.25, 0.3) is 11.3 Å². The molecule has 0 aliphatic rings. The zero-order valence-electron chi connectivity index (χ0n) is 10.6. The molecular weight excluding hydrogens is 341 g/mol. The molecule has 20 heavy (non-hydrogen) atoms. The van der Waals surface area contributed by atoms with Gasteiger partial charge in [-0.2, -0.15) is 5.10 Å². The summed E-state index contributed by atoms with van der Waals surface area (Å²) in [6, 6.07) is 1.69. The molecule has 2 N–H and O–H groups in total. The highest BCUT2D eigenvalue weighted by Crippen LogP contribution is 2.39. The summed E-state index contributed by atoms with van der Waals surface area (Å²) < 4.78 is 25.5. The second kappa shape index (κ2) is 5.93. The molecule has 0 aromatic carbocycles. The molecule has 0 radical (unpaired) electrons. The summed E-state index contributed by atoms with van der Waals surface area (Å²) in [5.41, 5.74) is 7.52. The van der Waals surface area contributed by atoms with Gasteiger partial charge in [-0.25, -0.2) is 8.42 Å². The topological polar surface area (TPSA) is 78.0 Å². The van der Waals surface area contributed by atoms with Crippen molar-refractivity contribution in [3.05, 3.63) is 20.9 Å². The number of sulfone groups is 1. The van der Waals surface area contributed by atoms with E-state index in [0.29, 0.717) is 25.6 Å². The molecule has 0 saturated heterocycles. The van der Waals surface area contributed by atoms with Crippen LogP contribution in [0.4, 0.5) is 5.69 Å². The van der Waals surface area contributed by atoms with Crippen molar-refractivity contribution >= 4 is 50.1 Å². The van der Waals surface area contributed by atoms with E-state index in [1.807, 2.05) is 0 Å². The monoisotopic (exact) mass is 353 g/mol. The Morgan fingerprint density at radius 3 is 2.70 bits per heavy atom. The second-order valence-corrected chi connectivity index (χ2v) is 8.93. The van der Waals surface area contributed by atoms with Crippen LogP contribution in [0.15, 0.2) is 12.3 Å². The lowest BCUT2D eigenvalue weighted by Crippen LogP contribution is -2.14. The zero-order chi connectivity index (χ0) is 14.9. The van der Waals surface area contributed by atoms with Crippen LogP contribution in [0.1, 0.15) is 6.92 Å². The van der Waals surface area contributed by atoms with Crippen molar-refractivity contribution in [2.75, 3.05) is 17.2 Å². The third-order valence-corrected chi connectivity index (χ3v) is 5.94. The molecule has 0 unspecified atom stereocenters. The van der Waals surface area contributed by atoms with Gasteiger partial charge in [0.05, 0.1) is 22.3 Å². The molecule has 0 bridgehead atoms. The molecule has 0 aliphatic heterocycles. The molecule has 0 amide bonds. The Hall–Kier alpha value is -0.760. The van der Waals surface area contributed by atoms with Crippen LogP contribution < -0.4 is 5.73 Å². The minimum Gasteiger partial charge on any atom is -0.396 e. The second-order valence-electron chi connectivity index (χ2n) is 4.17. The fourth-order valence-electron chi connectivity index (χ4n) is 1.64. The van der Waals surface area contributed by atoms with E-state index in [1.54, 1.807) is 19.2 Å². The molecule has 5 nitrogen and oxygen atoms in total. The highest BCUT2D eigenvalue weighted by atomic mass is 35.5. The number of hydrogen-bond donors (Lipinski definition) is 1. The maximum Gasteiger partial charge on any atom is 0.151 e. The van der Waals surface area contributed by atoms with Gasteiger partial charge in [0.25, 0.3) is 0 Å². The van der Waals surface area contributed by atoms with Crippen molar-refractivity contribution in [2.24, 2.45) is 0 Å². The van der Waals surface area contributed by atoms with Crippen LogP contribution in [-0.4, -0.2) is 29.7 Å². The number of nitrogens with zero attached hydrogens (tertiary/aromatic N) is 2. The van der Waals surface area contributed by atoms with Gasteiger partial charge < -0.3 is 5.73 Å². The van der Waals surface area contributed by atoms with E-state index in [1.165, 1.54) is 16.0 Å². The minimum absolute atomic E-state index is 0.0299. The molecule has 2 rings (SSSR count). The first-order valence-electron chi connectivity index (χ1n) is 5.81. The van der Waals surface area contributed by atoms with Crippen LogP contribution in [0.5, 0.6) is 0 Å². The quantitative estimate of drug-likeness (QED) is 0.896. The van der Waals surface area contributed by atoms with E-state index < -0.39 is 9.84 Å². The van der Waals surface area contributed by atoms with Crippen molar-refractivity contribution in [2.45, 2.75) is 13.5 Å². The number of hydrogen-bond acceptors (Lipinski definition) is 5. The van der Waals surface area contributed by atoms with Gasteiger partial charge in [0.15, 0.2) is 9.84 Å². The molecule has 9 heteroatoms. The van der Waals surface area contributed by atoms with E-state index in [2.05, 4.69) is 5.10 Å². The van der Waals surface area contributed by atoms with Crippen LogP contribution in [0, 0.1) is 0 Å². The SMILES string of the molecule is CCS(=O)(=O)CCn1cc(N)c(-c2cc(Cl)sc2Cl)n1. The van der Waals surface area contributed by atoms with Gasteiger partial charge in [0.1, 0.15) is 10.0 Å². The number of thiophene rings is 1. The number of nitrogen functional groups attached to an aromatic ring is 1. The van der Waals surface area contributed by atoms with Crippen LogP contribution >= 0.6 is 34.5 Å². The number of anilines is 1. The number of rotatable bonds is 5. The van der Waals surface area contributed by atoms with Crippen LogP contribution in [0.2, 0.25) is 8.67 Å². The average Bonchev–Trinajstić information content (AvgIpc) is 2.89. The largest absolute Gasteiger partial charge is 0.396 e. The van der Waals surface area contributed by atoms with E-state index in [0.717, 1.165) is 0 Å². The molecule has 0 saturated carbocycles. The zero-order valence-corrected chi connectivity index (χ0v) is 13.8. The predicted octanol–water partition coefficient (Wildman–Crippen LogP) is 2.94. The molecule has 2 aromatic heterocycles. The van der Waals surface area contributed by atoms with Gasteiger partial charge >= 0.3 is 0 Å². The third-order valence-electron chi connectivity index (χ3n) is 2.77. The Labute approximate surface area is 131 Å². The first kappa shape index (κ1) is 15.6. The molecule has 0 fully saturated rings. The Morgan fingerprint density at radius 1 is 1.45 bits per heavy atom. The summed E-state index contributed by atoms with van der Waals surface area (Å²) in [6.07, 6.45) is 1.60. The maximum absolute atomic E-state index is 11.5. The fraction of sp³-hybridized carbons (Fsp3) is 0.364. The van der Waals surface area contributed by atoms with Crippen LogP contribution in [0.3, 0.4) is 0 Å². The molecule has 110 valence electrons. The standard InChI is InChI=1S/C11H13Cl2N3O2S2/c1-2-20(17,18)4-3-16-6-8(14)10(15-16)7-5-9(12)19-11(7)13/h5-6H,2-4,14H2,1H3. The number of aromatic nitrogens is 2. The summed E-state index contributed by atoms with van der Waals surface area (Å²) in [5, 5.41) is 4.28. The van der Waals surface area contributed by atoms with Crippen molar-refractivity contribution < 1.29 is 8.42 Å². The van der Waals surface area contributed by atoms with Gasteiger partial charge in [-0.05, 0) is 6.07 Å².